The van der Waals surface area contributed by atoms with E-state index in [0.717, 1.165) is 17.3 Å². The lowest BCUT2D eigenvalue weighted by Gasteiger charge is -2.18. The lowest BCUT2D eigenvalue weighted by Crippen LogP contribution is -2.23. The molecule has 9 heteroatoms. The molecule has 2 aromatic carbocycles. The summed E-state index contributed by atoms with van der Waals surface area (Å²) in [6.07, 6.45) is 5.22. The molecule has 0 radical (unpaired) electrons. The van der Waals surface area contributed by atoms with Gasteiger partial charge in [-0.1, -0.05) is 30.3 Å². The number of anilines is 2. The Morgan fingerprint density at radius 1 is 1.03 bits per heavy atom. The van der Waals surface area contributed by atoms with Gasteiger partial charge in [-0.15, -0.1) is 0 Å². The lowest BCUT2D eigenvalue weighted by molar-refractivity contribution is 0.0694. The van der Waals surface area contributed by atoms with Crippen LogP contribution in [-0.4, -0.2) is 27.2 Å². The molecule has 34 heavy (non-hydrogen) atoms. The summed E-state index contributed by atoms with van der Waals surface area (Å²) in [6, 6.07) is 12.9. The Balaban J connectivity index is 1.79. The molecule has 2 aromatic heterocycles. The largest absolute Gasteiger partial charge is 0.477 e. The SMILES string of the molecule is Nc1c(F)c(NCCc2ccncc2)c(F)c2c1c(=O)c(C(=O)O)cn2CCc1ccccc1. The van der Waals surface area contributed by atoms with Crippen LogP contribution in [-0.2, 0) is 19.4 Å². The zero-order valence-corrected chi connectivity index (χ0v) is 18.1. The fourth-order valence-corrected chi connectivity index (χ4v) is 3.87. The average molecular weight is 464 g/mol. The fraction of sp³-hybridized carbons (Fsp3) is 0.160. The van der Waals surface area contributed by atoms with Crippen LogP contribution in [0.4, 0.5) is 20.2 Å². The number of carboxylic acids is 1. The second-order valence-electron chi connectivity index (χ2n) is 7.78. The van der Waals surface area contributed by atoms with Crippen LogP contribution in [0.1, 0.15) is 21.5 Å². The number of aromatic carboxylic acids is 1. The highest BCUT2D eigenvalue weighted by Gasteiger charge is 2.25. The Bertz CT molecular complexity index is 1410. The lowest BCUT2D eigenvalue weighted by atomic mass is 10.1. The molecule has 174 valence electrons. The second kappa shape index (κ2) is 9.70. The molecule has 0 saturated carbocycles. The number of nitrogens with one attached hydrogen (secondary N) is 1. The van der Waals surface area contributed by atoms with E-state index in [1.54, 1.807) is 24.5 Å². The van der Waals surface area contributed by atoms with Gasteiger partial charge in [0.25, 0.3) is 0 Å². The molecule has 0 saturated heterocycles. The van der Waals surface area contributed by atoms with Gasteiger partial charge in [0.1, 0.15) is 11.3 Å². The molecule has 2 heterocycles. The number of nitrogen functional groups attached to an aromatic ring is 1. The summed E-state index contributed by atoms with van der Waals surface area (Å²) in [5, 5.41) is 11.7. The third kappa shape index (κ3) is 4.45. The number of hydrogen-bond donors (Lipinski definition) is 3. The quantitative estimate of drug-likeness (QED) is 0.342. The second-order valence-corrected chi connectivity index (χ2v) is 7.78. The van der Waals surface area contributed by atoms with Crippen molar-refractivity contribution in [3.05, 3.63) is 99.6 Å². The zero-order chi connectivity index (χ0) is 24.2. The molecule has 0 aliphatic heterocycles. The smallest absolute Gasteiger partial charge is 0.341 e. The summed E-state index contributed by atoms with van der Waals surface area (Å²) < 4.78 is 32.1. The van der Waals surface area contributed by atoms with Crippen molar-refractivity contribution in [2.24, 2.45) is 0 Å². The number of hydrogen-bond acceptors (Lipinski definition) is 5. The number of pyridine rings is 2. The minimum absolute atomic E-state index is 0.152. The van der Waals surface area contributed by atoms with Gasteiger partial charge in [-0.05, 0) is 36.1 Å². The van der Waals surface area contributed by atoms with Gasteiger partial charge in [0.15, 0.2) is 11.6 Å². The van der Waals surface area contributed by atoms with Gasteiger partial charge in [-0.3, -0.25) is 9.78 Å². The monoisotopic (exact) mass is 464 g/mol. The van der Waals surface area contributed by atoms with Crippen molar-refractivity contribution in [1.82, 2.24) is 9.55 Å². The standard InChI is InChI=1S/C25H22F2N4O3/c26-19-21(28)18-23(20(27)22(19)30-12-8-16-6-10-29-11-7-16)31(14-17(24(18)32)25(33)34)13-9-15-4-2-1-3-5-15/h1-7,10-11,14,30H,8-9,12-13,28H2,(H,33,34). The molecule has 0 spiro atoms. The van der Waals surface area contributed by atoms with Gasteiger partial charge in [-0.25, -0.2) is 13.6 Å². The van der Waals surface area contributed by atoms with Crippen molar-refractivity contribution >= 4 is 28.2 Å². The first-order valence-corrected chi connectivity index (χ1v) is 10.6. The number of carboxylic acid groups (broad SMARTS) is 1. The highest BCUT2D eigenvalue weighted by atomic mass is 19.1. The Kier molecular flexibility index (Phi) is 6.53. The Labute approximate surface area is 193 Å². The molecule has 0 amide bonds. The minimum Gasteiger partial charge on any atom is -0.477 e. The van der Waals surface area contributed by atoms with Gasteiger partial charge in [-0.2, -0.15) is 0 Å². The van der Waals surface area contributed by atoms with E-state index in [0.29, 0.717) is 12.8 Å². The summed E-state index contributed by atoms with van der Waals surface area (Å²) in [5.41, 5.74) is 4.84. The average Bonchev–Trinajstić information content (AvgIpc) is 2.84. The summed E-state index contributed by atoms with van der Waals surface area (Å²) >= 11 is 0. The number of fused-ring (bicyclic) bond motifs is 1. The molecule has 0 bridgehead atoms. The van der Waals surface area contributed by atoms with Crippen molar-refractivity contribution in [2.75, 3.05) is 17.6 Å². The molecule has 0 fully saturated rings. The number of carbonyl (C=O) groups is 1. The molecular formula is C25H22F2N4O3. The third-order valence-corrected chi connectivity index (χ3v) is 5.61. The van der Waals surface area contributed by atoms with Crippen molar-refractivity contribution in [3.63, 3.8) is 0 Å². The summed E-state index contributed by atoms with van der Waals surface area (Å²) in [7, 11) is 0. The first kappa shape index (κ1) is 22.9. The minimum atomic E-state index is -1.50. The maximum absolute atomic E-state index is 15.7. The maximum Gasteiger partial charge on any atom is 0.341 e. The number of halogens is 2. The van der Waals surface area contributed by atoms with Gasteiger partial charge < -0.3 is 20.7 Å². The number of aromatic nitrogens is 2. The van der Waals surface area contributed by atoms with Crippen LogP contribution in [0.15, 0.2) is 65.8 Å². The van der Waals surface area contributed by atoms with Crippen LogP contribution in [0.2, 0.25) is 0 Å². The maximum atomic E-state index is 15.7. The van der Waals surface area contributed by atoms with Gasteiger partial charge in [0, 0.05) is 31.7 Å². The molecule has 0 unspecified atom stereocenters. The van der Waals surface area contributed by atoms with Crippen LogP contribution in [0.3, 0.4) is 0 Å². The van der Waals surface area contributed by atoms with Gasteiger partial charge >= 0.3 is 5.97 Å². The number of nitrogens with two attached hydrogens (primary N) is 1. The third-order valence-electron chi connectivity index (χ3n) is 5.61. The van der Waals surface area contributed by atoms with Crippen LogP contribution in [0.5, 0.6) is 0 Å². The molecular weight excluding hydrogens is 442 g/mol. The van der Waals surface area contributed by atoms with E-state index in [1.165, 1.54) is 4.57 Å². The van der Waals surface area contributed by atoms with E-state index >= 15 is 8.78 Å². The topological polar surface area (TPSA) is 110 Å². The molecule has 4 N–H and O–H groups in total. The van der Waals surface area contributed by atoms with Crippen LogP contribution in [0.25, 0.3) is 10.9 Å². The predicted octanol–water partition coefficient (Wildman–Crippen LogP) is 3.85. The van der Waals surface area contributed by atoms with E-state index in [-0.39, 0.29) is 18.6 Å². The Hall–Kier alpha value is -4.27. The number of nitrogens with zero attached hydrogens (tertiary/aromatic N) is 2. The van der Waals surface area contributed by atoms with Crippen molar-refractivity contribution in [3.8, 4) is 0 Å². The van der Waals surface area contributed by atoms with Crippen molar-refractivity contribution in [1.29, 1.82) is 0 Å². The summed E-state index contributed by atoms with van der Waals surface area (Å²) in [6.45, 7) is 0.351. The van der Waals surface area contributed by atoms with Crippen LogP contribution >= 0.6 is 0 Å². The molecule has 4 rings (SSSR count). The van der Waals surface area contributed by atoms with E-state index < -0.39 is 45.4 Å². The summed E-state index contributed by atoms with van der Waals surface area (Å²) in [4.78, 5) is 28.4. The highest BCUT2D eigenvalue weighted by molar-refractivity contribution is 5.99. The predicted molar refractivity (Wildman–Crippen MR) is 126 cm³/mol. The van der Waals surface area contributed by atoms with Gasteiger partial charge in [0.05, 0.1) is 16.6 Å². The normalized spacial score (nSPS) is 11.0. The number of aryl methyl sites for hydroxylation is 2. The van der Waals surface area contributed by atoms with E-state index in [9.17, 15) is 14.7 Å². The molecule has 4 aromatic rings. The van der Waals surface area contributed by atoms with Crippen LogP contribution < -0.4 is 16.5 Å². The van der Waals surface area contributed by atoms with Crippen molar-refractivity contribution in [2.45, 2.75) is 19.4 Å². The number of rotatable bonds is 8. The van der Waals surface area contributed by atoms with E-state index in [1.807, 2.05) is 30.3 Å². The molecule has 7 nitrogen and oxygen atoms in total. The highest BCUT2D eigenvalue weighted by Crippen LogP contribution is 2.33. The van der Waals surface area contributed by atoms with E-state index in [4.69, 9.17) is 5.73 Å². The Morgan fingerprint density at radius 3 is 2.38 bits per heavy atom. The summed E-state index contributed by atoms with van der Waals surface area (Å²) in [5.74, 6) is -3.63. The Morgan fingerprint density at radius 2 is 1.71 bits per heavy atom. The number of benzene rings is 2. The first-order valence-electron chi connectivity index (χ1n) is 10.6. The van der Waals surface area contributed by atoms with Crippen molar-refractivity contribution < 1.29 is 18.7 Å². The molecule has 0 aliphatic carbocycles. The molecule has 0 atom stereocenters. The van der Waals surface area contributed by atoms with Crippen LogP contribution in [0, 0.1) is 11.6 Å². The van der Waals surface area contributed by atoms with Gasteiger partial charge in [0.2, 0.25) is 5.43 Å². The zero-order valence-electron chi connectivity index (χ0n) is 18.1. The molecule has 0 aliphatic rings. The fourth-order valence-electron chi connectivity index (χ4n) is 3.87. The first-order chi connectivity index (χ1) is 16.4. The van der Waals surface area contributed by atoms with E-state index in [2.05, 4.69) is 10.3 Å².